The van der Waals surface area contributed by atoms with Gasteiger partial charge in [-0.15, -0.1) is 5.10 Å². The molecular formula is C15H14F2N6S. The minimum Gasteiger partial charge on any atom is -0.368 e. The molecule has 4 rings (SSSR count). The Balaban J connectivity index is 1.55. The van der Waals surface area contributed by atoms with Gasteiger partial charge in [-0.25, -0.2) is 13.8 Å². The van der Waals surface area contributed by atoms with Gasteiger partial charge in [-0.05, 0) is 24.8 Å². The average molecular weight is 348 g/mol. The Morgan fingerprint density at radius 1 is 1.21 bits per heavy atom. The van der Waals surface area contributed by atoms with E-state index in [1.54, 1.807) is 6.07 Å². The highest BCUT2D eigenvalue weighted by Gasteiger charge is 2.22. The van der Waals surface area contributed by atoms with E-state index in [1.807, 2.05) is 0 Å². The predicted molar refractivity (Wildman–Crippen MR) is 86.6 cm³/mol. The number of hydrogen-bond donors (Lipinski definition) is 2. The first-order valence-corrected chi connectivity index (χ1v) is 8.57. The highest BCUT2D eigenvalue weighted by molar-refractivity contribution is 7.98. The van der Waals surface area contributed by atoms with E-state index in [1.165, 1.54) is 30.7 Å². The van der Waals surface area contributed by atoms with Crippen LogP contribution in [0.3, 0.4) is 0 Å². The largest absolute Gasteiger partial charge is 0.368 e. The summed E-state index contributed by atoms with van der Waals surface area (Å²) < 4.78 is 27.0. The van der Waals surface area contributed by atoms with Crippen LogP contribution in [0, 0.1) is 17.6 Å². The molecule has 124 valence electrons. The molecule has 2 N–H and O–H groups in total. The van der Waals surface area contributed by atoms with Gasteiger partial charge >= 0.3 is 0 Å². The fraction of sp³-hybridized carbons (Fsp3) is 0.333. The molecule has 2 aromatic heterocycles. The maximum atomic E-state index is 13.7. The third-order valence-electron chi connectivity index (χ3n) is 3.81. The van der Waals surface area contributed by atoms with Gasteiger partial charge in [0.1, 0.15) is 0 Å². The molecule has 0 saturated heterocycles. The molecule has 0 spiro atoms. The summed E-state index contributed by atoms with van der Waals surface area (Å²) in [5.41, 5.74) is 1.30. The summed E-state index contributed by atoms with van der Waals surface area (Å²) in [5.74, 6) is -0.163. The van der Waals surface area contributed by atoms with E-state index in [-0.39, 0.29) is 11.3 Å². The summed E-state index contributed by atoms with van der Waals surface area (Å²) in [6, 6.07) is 4.13. The van der Waals surface area contributed by atoms with Crippen molar-refractivity contribution in [3.63, 3.8) is 0 Å². The van der Waals surface area contributed by atoms with Gasteiger partial charge in [0.15, 0.2) is 28.1 Å². The molecule has 6 nitrogen and oxygen atoms in total. The number of hydrogen-bond acceptors (Lipinski definition) is 6. The van der Waals surface area contributed by atoms with Gasteiger partial charge in [0.25, 0.3) is 0 Å². The lowest BCUT2D eigenvalue weighted by molar-refractivity contribution is 0.502. The molecule has 1 saturated carbocycles. The van der Waals surface area contributed by atoms with Crippen LogP contribution in [0.5, 0.6) is 0 Å². The van der Waals surface area contributed by atoms with Crippen LogP contribution in [-0.4, -0.2) is 31.9 Å². The lowest BCUT2D eigenvalue weighted by Crippen LogP contribution is -2.07. The molecule has 1 aliphatic rings. The Kier molecular flexibility index (Phi) is 4.01. The van der Waals surface area contributed by atoms with E-state index in [2.05, 4.69) is 30.7 Å². The Labute approximate surface area is 140 Å². The lowest BCUT2D eigenvalue weighted by atomic mass is 10.2. The van der Waals surface area contributed by atoms with Gasteiger partial charge in [0.2, 0.25) is 5.65 Å². The SMILES string of the molecule is Fc1cccc(CSc2nc(NCC3CC3)c3n[nH]nc3n2)c1F. The van der Waals surface area contributed by atoms with Gasteiger partial charge in [-0.2, -0.15) is 15.3 Å². The molecule has 1 fully saturated rings. The molecule has 3 aromatic rings. The normalized spacial score (nSPS) is 14.2. The zero-order chi connectivity index (χ0) is 16.5. The van der Waals surface area contributed by atoms with Crippen LogP contribution < -0.4 is 5.32 Å². The minimum absolute atomic E-state index is 0.231. The number of nitrogens with one attached hydrogen (secondary N) is 2. The van der Waals surface area contributed by atoms with Crippen LogP contribution in [0.1, 0.15) is 18.4 Å². The first-order valence-electron chi connectivity index (χ1n) is 7.59. The number of anilines is 1. The summed E-state index contributed by atoms with van der Waals surface area (Å²) in [5, 5.41) is 14.3. The molecule has 24 heavy (non-hydrogen) atoms. The second-order valence-corrected chi connectivity index (χ2v) is 6.62. The summed E-state index contributed by atoms with van der Waals surface area (Å²) in [6.45, 7) is 0.835. The number of aromatic amines is 1. The fourth-order valence-electron chi connectivity index (χ4n) is 2.28. The Bertz CT molecular complexity index is 880. The van der Waals surface area contributed by atoms with Crippen molar-refractivity contribution in [2.24, 2.45) is 5.92 Å². The summed E-state index contributed by atoms with van der Waals surface area (Å²) in [4.78, 5) is 8.74. The fourth-order valence-corrected chi connectivity index (χ4v) is 3.09. The first-order chi connectivity index (χ1) is 11.7. The smallest absolute Gasteiger partial charge is 0.207 e. The van der Waals surface area contributed by atoms with Crippen LogP contribution in [-0.2, 0) is 5.75 Å². The number of rotatable bonds is 6. The van der Waals surface area contributed by atoms with E-state index < -0.39 is 11.6 Å². The maximum absolute atomic E-state index is 13.7. The quantitative estimate of drug-likeness (QED) is 0.526. The standard InChI is InChI=1S/C15H14F2N6S/c16-10-3-1-2-9(11(10)17)7-24-15-19-13(18-6-8-4-5-8)12-14(20-15)22-23-21-12/h1-3,8H,4-7H2,(H2,18,19,20,21,22,23). The van der Waals surface area contributed by atoms with Gasteiger partial charge < -0.3 is 5.32 Å². The Hall–Kier alpha value is -2.29. The minimum atomic E-state index is -0.854. The van der Waals surface area contributed by atoms with Crippen molar-refractivity contribution in [1.29, 1.82) is 0 Å². The highest BCUT2D eigenvalue weighted by Crippen LogP contribution is 2.30. The number of benzene rings is 1. The van der Waals surface area contributed by atoms with Crippen LogP contribution >= 0.6 is 11.8 Å². The number of nitrogens with zero attached hydrogens (tertiary/aromatic N) is 4. The van der Waals surface area contributed by atoms with E-state index in [0.29, 0.717) is 28.1 Å². The van der Waals surface area contributed by atoms with Gasteiger partial charge in [-0.3, -0.25) is 0 Å². The van der Waals surface area contributed by atoms with E-state index in [9.17, 15) is 8.78 Å². The summed E-state index contributed by atoms with van der Waals surface area (Å²) in [6.07, 6.45) is 2.45. The van der Waals surface area contributed by atoms with Crippen molar-refractivity contribution in [1.82, 2.24) is 25.4 Å². The van der Waals surface area contributed by atoms with Crippen molar-refractivity contribution in [3.05, 3.63) is 35.4 Å². The third kappa shape index (κ3) is 3.16. The molecular weight excluding hydrogens is 334 g/mol. The van der Waals surface area contributed by atoms with Crippen LogP contribution in [0.4, 0.5) is 14.6 Å². The van der Waals surface area contributed by atoms with Gasteiger partial charge in [0, 0.05) is 17.9 Å². The molecule has 0 radical (unpaired) electrons. The van der Waals surface area contributed by atoms with Crippen molar-refractivity contribution in [2.75, 3.05) is 11.9 Å². The number of thioether (sulfide) groups is 1. The summed E-state index contributed by atoms with van der Waals surface area (Å²) >= 11 is 1.23. The highest BCUT2D eigenvalue weighted by atomic mass is 32.2. The van der Waals surface area contributed by atoms with Crippen molar-refractivity contribution >= 4 is 28.7 Å². The molecule has 0 aliphatic heterocycles. The predicted octanol–water partition coefficient (Wildman–Crippen LogP) is 3.14. The van der Waals surface area contributed by atoms with Crippen molar-refractivity contribution in [2.45, 2.75) is 23.8 Å². The Morgan fingerprint density at radius 3 is 2.92 bits per heavy atom. The molecule has 0 bridgehead atoms. The molecule has 0 unspecified atom stereocenters. The molecule has 9 heteroatoms. The number of aromatic nitrogens is 5. The molecule has 0 amide bonds. The molecule has 0 atom stereocenters. The topological polar surface area (TPSA) is 79.4 Å². The third-order valence-corrected chi connectivity index (χ3v) is 4.70. The van der Waals surface area contributed by atoms with E-state index >= 15 is 0 Å². The van der Waals surface area contributed by atoms with Gasteiger partial charge in [0.05, 0.1) is 0 Å². The van der Waals surface area contributed by atoms with Crippen LogP contribution in [0.25, 0.3) is 11.2 Å². The van der Waals surface area contributed by atoms with Crippen LogP contribution in [0.2, 0.25) is 0 Å². The number of fused-ring (bicyclic) bond motifs is 1. The van der Waals surface area contributed by atoms with Crippen molar-refractivity contribution < 1.29 is 8.78 Å². The van der Waals surface area contributed by atoms with E-state index in [4.69, 9.17) is 0 Å². The first kappa shape index (κ1) is 15.3. The molecule has 1 aliphatic carbocycles. The zero-order valence-electron chi connectivity index (χ0n) is 12.6. The second kappa shape index (κ2) is 6.31. The lowest BCUT2D eigenvalue weighted by Gasteiger charge is -2.07. The van der Waals surface area contributed by atoms with Crippen molar-refractivity contribution in [3.8, 4) is 0 Å². The second-order valence-electron chi connectivity index (χ2n) is 5.68. The Morgan fingerprint density at radius 2 is 2.08 bits per heavy atom. The van der Waals surface area contributed by atoms with Gasteiger partial charge in [-0.1, -0.05) is 23.9 Å². The average Bonchev–Trinajstić information content (AvgIpc) is 3.29. The zero-order valence-corrected chi connectivity index (χ0v) is 13.4. The number of halogens is 2. The summed E-state index contributed by atoms with van der Waals surface area (Å²) in [7, 11) is 0. The maximum Gasteiger partial charge on any atom is 0.207 e. The molecule has 2 heterocycles. The molecule has 1 aromatic carbocycles. The monoisotopic (exact) mass is 348 g/mol. The number of H-pyrrole nitrogens is 1. The van der Waals surface area contributed by atoms with Crippen LogP contribution in [0.15, 0.2) is 23.4 Å². The van der Waals surface area contributed by atoms with E-state index in [0.717, 1.165) is 12.6 Å².